The van der Waals surface area contributed by atoms with Crippen LogP contribution in [0.4, 0.5) is 0 Å². The Morgan fingerprint density at radius 3 is 1.90 bits per heavy atom. The van der Waals surface area contributed by atoms with Crippen LogP contribution < -0.4 is 11.5 Å². The van der Waals surface area contributed by atoms with Crippen LogP contribution in [0.5, 0.6) is 0 Å². The first kappa shape index (κ1) is 16.1. The van der Waals surface area contributed by atoms with Crippen molar-refractivity contribution in [3.05, 3.63) is 41.0 Å². The summed E-state index contributed by atoms with van der Waals surface area (Å²) in [5, 5.41) is 9.38. The highest BCUT2D eigenvalue weighted by Crippen LogP contribution is 2.49. The van der Waals surface area contributed by atoms with Crippen molar-refractivity contribution < 1.29 is 29.0 Å². The van der Waals surface area contributed by atoms with Crippen molar-refractivity contribution in [3.8, 4) is 0 Å². The predicted octanol–water partition coefficient (Wildman–Crippen LogP) is -0.791. The van der Waals surface area contributed by atoms with Crippen molar-refractivity contribution in [2.45, 2.75) is 5.85 Å². The number of primary amides is 2. The Morgan fingerprint density at radius 2 is 1.55 bits per heavy atom. The van der Waals surface area contributed by atoms with Gasteiger partial charge in [-0.25, -0.2) is 0 Å². The molecule has 0 heterocycles. The topological polar surface area (TPSA) is 164 Å². The minimum atomic E-state index is -4.66. The van der Waals surface area contributed by atoms with Gasteiger partial charge in [0.05, 0.1) is 0 Å². The van der Waals surface area contributed by atoms with E-state index < -0.39 is 30.8 Å². The minimum absolute atomic E-state index is 0.00446. The lowest BCUT2D eigenvalue weighted by Gasteiger charge is -2.12. The Morgan fingerprint density at radius 1 is 1.10 bits per heavy atom. The molecule has 0 fully saturated rings. The molecular weight excluding hydrogens is 287 g/mol. The molecule has 7 N–H and O–H groups in total. The van der Waals surface area contributed by atoms with Gasteiger partial charge in [-0.05, 0) is 17.2 Å². The molecule has 0 aliphatic heterocycles. The number of aliphatic hydroxyl groups is 1. The van der Waals surface area contributed by atoms with Crippen molar-refractivity contribution >= 4 is 25.5 Å². The Balaban J connectivity index is 3.09. The summed E-state index contributed by atoms with van der Waals surface area (Å²) in [6.07, 6.45) is 1.14. The molecular formula is C11H13N2O6P. The molecule has 20 heavy (non-hydrogen) atoms. The summed E-state index contributed by atoms with van der Waals surface area (Å²) in [7, 11) is -4.66. The maximum Gasteiger partial charge on any atom is 0.358 e. The van der Waals surface area contributed by atoms with Crippen molar-refractivity contribution in [3.63, 3.8) is 0 Å². The highest BCUT2D eigenvalue weighted by molar-refractivity contribution is 7.51. The summed E-state index contributed by atoms with van der Waals surface area (Å²) >= 11 is 0. The average Bonchev–Trinajstić information content (AvgIpc) is 2.34. The van der Waals surface area contributed by atoms with Crippen LogP contribution in [0.1, 0.15) is 17.0 Å². The van der Waals surface area contributed by atoms with E-state index >= 15 is 0 Å². The molecule has 1 aromatic rings. The maximum absolute atomic E-state index is 11.0. The second kappa shape index (κ2) is 5.98. The number of carbonyl (C=O) groups is 2. The Bertz CT molecular complexity index is 588. The molecule has 0 aromatic heterocycles. The van der Waals surface area contributed by atoms with E-state index in [1.165, 1.54) is 24.3 Å². The third-order valence-corrected chi connectivity index (χ3v) is 3.33. The lowest BCUT2D eigenvalue weighted by molar-refractivity contribution is -0.120. The first-order chi connectivity index (χ1) is 9.12. The normalized spacial score (nSPS) is 12.6. The number of benzene rings is 1. The molecule has 8 nitrogen and oxygen atoms in total. The number of nitrogens with two attached hydrogens (primary N) is 2. The summed E-state index contributed by atoms with van der Waals surface area (Å²) in [6.45, 7) is 0. The van der Waals surface area contributed by atoms with E-state index in [2.05, 4.69) is 0 Å². The zero-order chi connectivity index (χ0) is 15.5. The van der Waals surface area contributed by atoms with Gasteiger partial charge >= 0.3 is 7.60 Å². The summed E-state index contributed by atoms with van der Waals surface area (Å²) in [4.78, 5) is 39.6. The molecule has 0 saturated carbocycles. The van der Waals surface area contributed by atoms with Gasteiger partial charge in [-0.15, -0.1) is 0 Å². The lowest BCUT2D eigenvalue weighted by Crippen LogP contribution is -2.25. The first-order valence-corrected chi connectivity index (χ1v) is 6.95. The van der Waals surface area contributed by atoms with Gasteiger partial charge in [-0.1, -0.05) is 24.3 Å². The van der Waals surface area contributed by atoms with Gasteiger partial charge in [0.15, 0.2) is 5.85 Å². The molecule has 0 aliphatic carbocycles. The summed E-state index contributed by atoms with van der Waals surface area (Å²) < 4.78 is 10.9. The summed E-state index contributed by atoms with van der Waals surface area (Å²) in [6, 6.07) is 5.19. The van der Waals surface area contributed by atoms with Gasteiger partial charge in [0, 0.05) is 0 Å². The fourth-order valence-corrected chi connectivity index (χ4v) is 1.95. The Labute approximate surface area is 113 Å². The zero-order valence-electron chi connectivity index (χ0n) is 10.1. The SMILES string of the molecule is NC(=O)C(=Cc1ccc(C(O)P(=O)(O)O)cc1)C(N)=O. The van der Waals surface area contributed by atoms with Crippen LogP contribution in [0.25, 0.3) is 6.08 Å². The molecule has 1 rings (SSSR count). The second-order valence-electron chi connectivity index (χ2n) is 3.92. The summed E-state index contributed by atoms with van der Waals surface area (Å²) in [5.41, 5.74) is 9.89. The molecule has 1 atom stereocenters. The van der Waals surface area contributed by atoms with Gasteiger partial charge in [-0.2, -0.15) is 0 Å². The maximum atomic E-state index is 11.0. The van der Waals surface area contributed by atoms with Gasteiger partial charge in [0.1, 0.15) is 5.57 Å². The van der Waals surface area contributed by atoms with Gasteiger partial charge in [-0.3, -0.25) is 14.2 Å². The number of hydrogen-bond donors (Lipinski definition) is 5. The quantitative estimate of drug-likeness (QED) is 0.207. The summed E-state index contributed by atoms with van der Waals surface area (Å²) in [5.74, 6) is -3.92. The molecule has 0 radical (unpaired) electrons. The van der Waals surface area contributed by atoms with Gasteiger partial charge in [0.25, 0.3) is 11.8 Å². The van der Waals surface area contributed by atoms with E-state index in [9.17, 15) is 19.3 Å². The third-order valence-electron chi connectivity index (χ3n) is 2.40. The molecule has 1 aromatic carbocycles. The van der Waals surface area contributed by atoms with Crippen LogP contribution in [0.2, 0.25) is 0 Å². The molecule has 0 aliphatic rings. The monoisotopic (exact) mass is 300 g/mol. The van der Waals surface area contributed by atoms with E-state index in [0.717, 1.165) is 6.08 Å². The Hall–Kier alpha value is -1.99. The molecule has 0 saturated heterocycles. The van der Waals surface area contributed by atoms with Crippen molar-refractivity contribution in [1.82, 2.24) is 0 Å². The standard InChI is InChI=1S/C11H13N2O6P/c12-9(14)8(10(13)15)5-6-1-3-7(4-2-6)11(16)20(17,18)19/h1-5,11,16H,(H2,12,14)(H2,13,15)(H2,17,18,19). The lowest BCUT2D eigenvalue weighted by atomic mass is 10.1. The number of aliphatic hydroxyl groups excluding tert-OH is 1. The van der Waals surface area contributed by atoms with E-state index in [1.54, 1.807) is 0 Å². The van der Waals surface area contributed by atoms with E-state index in [4.69, 9.17) is 21.3 Å². The first-order valence-electron chi connectivity index (χ1n) is 5.27. The van der Waals surface area contributed by atoms with Crippen LogP contribution in [0.15, 0.2) is 29.8 Å². The zero-order valence-corrected chi connectivity index (χ0v) is 11.0. The van der Waals surface area contributed by atoms with Crippen LogP contribution in [-0.4, -0.2) is 26.7 Å². The fraction of sp³-hybridized carbons (Fsp3) is 0.0909. The highest BCUT2D eigenvalue weighted by atomic mass is 31.2. The molecule has 0 spiro atoms. The predicted molar refractivity (Wildman–Crippen MR) is 69.8 cm³/mol. The smallest absolute Gasteiger partial charge is 0.358 e. The molecule has 108 valence electrons. The van der Waals surface area contributed by atoms with E-state index in [1.807, 2.05) is 0 Å². The molecule has 0 bridgehead atoms. The van der Waals surface area contributed by atoms with Crippen molar-refractivity contribution in [1.29, 1.82) is 0 Å². The third kappa shape index (κ3) is 4.01. The van der Waals surface area contributed by atoms with Crippen molar-refractivity contribution in [2.75, 3.05) is 0 Å². The number of carbonyl (C=O) groups excluding carboxylic acids is 2. The molecule has 2 amide bonds. The van der Waals surface area contributed by atoms with Crippen LogP contribution in [0, 0.1) is 0 Å². The van der Waals surface area contributed by atoms with Crippen molar-refractivity contribution in [2.24, 2.45) is 11.5 Å². The van der Waals surface area contributed by atoms with Crippen LogP contribution in [0.3, 0.4) is 0 Å². The van der Waals surface area contributed by atoms with Gasteiger partial charge in [0.2, 0.25) is 0 Å². The fourth-order valence-electron chi connectivity index (χ4n) is 1.39. The van der Waals surface area contributed by atoms with E-state index in [0.29, 0.717) is 5.56 Å². The molecule has 9 heteroatoms. The van der Waals surface area contributed by atoms with Gasteiger partial charge < -0.3 is 26.4 Å². The highest BCUT2D eigenvalue weighted by Gasteiger charge is 2.27. The van der Waals surface area contributed by atoms with E-state index in [-0.39, 0.29) is 5.56 Å². The van der Waals surface area contributed by atoms with Crippen LogP contribution in [-0.2, 0) is 14.2 Å². The largest absolute Gasteiger partial charge is 0.376 e. The Kier molecular flexibility index (Phi) is 4.80. The second-order valence-corrected chi connectivity index (χ2v) is 5.58. The average molecular weight is 300 g/mol. The number of amides is 2. The van der Waals surface area contributed by atoms with Crippen LogP contribution >= 0.6 is 7.60 Å². The number of hydrogen-bond acceptors (Lipinski definition) is 4. The number of rotatable bonds is 5. The minimum Gasteiger partial charge on any atom is -0.376 e. The molecule has 1 unspecified atom stereocenters.